The third-order valence-electron chi connectivity index (χ3n) is 17.9. The van der Waals surface area contributed by atoms with Crippen LogP contribution in [-0.2, 0) is 5.41 Å². The highest BCUT2D eigenvalue weighted by molar-refractivity contribution is 6.20. The van der Waals surface area contributed by atoms with E-state index in [1.807, 2.05) is 0 Å². The lowest BCUT2D eigenvalue weighted by atomic mass is 9.67. The first kappa shape index (κ1) is 45.1. The summed E-state index contributed by atoms with van der Waals surface area (Å²) >= 11 is 0. The second-order valence-electron chi connectivity index (χ2n) is 22.1. The van der Waals surface area contributed by atoms with Gasteiger partial charge < -0.3 is 9.13 Å². The van der Waals surface area contributed by atoms with E-state index in [-0.39, 0.29) is 5.41 Å². The van der Waals surface area contributed by atoms with Crippen molar-refractivity contribution in [3.05, 3.63) is 260 Å². The van der Waals surface area contributed by atoms with E-state index in [1.54, 1.807) is 0 Å². The monoisotopic (exact) mass is 1020 g/mol. The first-order valence-corrected chi connectivity index (χ1v) is 28.2. The van der Waals surface area contributed by atoms with Crippen LogP contribution in [0.25, 0.3) is 145 Å². The second kappa shape index (κ2) is 17.5. The normalized spacial score (nSPS) is 13.8. The molecule has 5 heteroatoms. The molecule has 0 radical (unpaired) electrons. The summed E-state index contributed by atoms with van der Waals surface area (Å²) in [6.45, 7) is 0. The van der Waals surface area contributed by atoms with Crippen LogP contribution in [0.3, 0.4) is 0 Å². The molecule has 1 saturated carbocycles. The van der Waals surface area contributed by atoms with Crippen molar-refractivity contribution in [2.75, 3.05) is 0 Å². The van der Waals surface area contributed by atoms with Gasteiger partial charge in [0.25, 0.3) is 0 Å². The fraction of sp³-hybridized carbons (Fsp3) is 0.0800. The minimum absolute atomic E-state index is 0.0588. The predicted octanol–water partition coefficient (Wildman–Crippen LogP) is 19.3. The van der Waals surface area contributed by atoms with Crippen LogP contribution in [0.2, 0.25) is 0 Å². The van der Waals surface area contributed by atoms with Crippen molar-refractivity contribution in [2.45, 2.75) is 37.5 Å². The molecule has 3 aliphatic rings. The van der Waals surface area contributed by atoms with Crippen LogP contribution in [0.1, 0.15) is 43.2 Å². The summed E-state index contributed by atoms with van der Waals surface area (Å²) in [5.41, 5.74) is 25.4. The fourth-order valence-corrected chi connectivity index (χ4v) is 14.4. The molecule has 0 bridgehead atoms. The van der Waals surface area contributed by atoms with Crippen LogP contribution >= 0.6 is 0 Å². The Morgan fingerprint density at radius 2 is 0.850 bits per heavy atom. The fourth-order valence-electron chi connectivity index (χ4n) is 14.4. The van der Waals surface area contributed by atoms with Gasteiger partial charge >= 0.3 is 0 Å². The van der Waals surface area contributed by atoms with Gasteiger partial charge in [-0.2, -0.15) is 0 Å². The van der Waals surface area contributed by atoms with Crippen molar-refractivity contribution >= 4 is 43.6 Å². The predicted molar refractivity (Wildman–Crippen MR) is 329 cm³/mol. The molecular weight excluding hydrogens is 971 g/mol. The maximum atomic E-state index is 5.44. The molecule has 17 rings (SSSR count). The Labute approximate surface area is 463 Å². The van der Waals surface area contributed by atoms with Crippen molar-refractivity contribution < 1.29 is 0 Å². The van der Waals surface area contributed by atoms with Gasteiger partial charge in [-0.1, -0.05) is 226 Å². The van der Waals surface area contributed by atoms with Gasteiger partial charge in [0.15, 0.2) is 17.5 Å². The number of para-hydroxylation sites is 4. The summed E-state index contributed by atoms with van der Waals surface area (Å²) in [6, 6.07) is 90.9. The Hall–Kier alpha value is -9.97. The topological polar surface area (TPSA) is 48.5 Å². The summed E-state index contributed by atoms with van der Waals surface area (Å²) in [6.07, 6.45) is 6.27. The van der Waals surface area contributed by atoms with Crippen molar-refractivity contribution in [3.8, 4) is 101 Å². The largest absolute Gasteiger partial charge is 0.309 e. The molecular formula is C75H51N5. The minimum Gasteiger partial charge on any atom is -0.309 e. The summed E-state index contributed by atoms with van der Waals surface area (Å²) in [5.74, 6) is 1.86. The van der Waals surface area contributed by atoms with Crippen molar-refractivity contribution in [1.82, 2.24) is 24.1 Å². The second-order valence-corrected chi connectivity index (χ2v) is 22.1. The molecule has 4 heterocycles. The summed E-state index contributed by atoms with van der Waals surface area (Å²) in [4.78, 5) is 16.1. The Balaban J connectivity index is 0.828. The summed E-state index contributed by atoms with van der Waals surface area (Å²) in [7, 11) is 0. The molecule has 1 fully saturated rings. The summed E-state index contributed by atoms with van der Waals surface area (Å²) < 4.78 is 4.98. The highest BCUT2D eigenvalue weighted by Crippen LogP contribution is 2.62. The number of hydrogen-bond acceptors (Lipinski definition) is 3. The number of hydrogen-bond donors (Lipinski definition) is 0. The lowest BCUT2D eigenvalue weighted by molar-refractivity contribution is 0.353. The number of aromatic nitrogens is 5. The van der Waals surface area contributed by atoms with E-state index < -0.39 is 0 Å². The first-order chi connectivity index (χ1) is 39.7. The SMILES string of the molecule is c1ccc(-c2ccc(-c3nc(-c4cccc(-c5cccc(-c6cccc7c6-n6c8ccccc8c8ccc9c(c86)-c6c-7cccc6C96CCCCC6)c5)c4)nc(-c4cccc5c4c4ccccc4n5-c4ccccc4)n3)cc2)cc1. The van der Waals surface area contributed by atoms with Crippen LogP contribution in [0.4, 0.5) is 0 Å². The van der Waals surface area contributed by atoms with Crippen molar-refractivity contribution in [1.29, 1.82) is 0 Å². The van der Waals surface area contributed by atoms with Crippen LogP contribution in [0.15, 0.2) is 249 Å². The van der Waals surface area contributed by atoms with Gasteiger partial charge in [0.2, 0.25) is 0 Å². The molecule has 3 aromatic heterocycles. The molecule has 0 amide bonds. The molecule has 80 heavy (non-hydrogen) atoms. The van der Waals surface area contributed by atoms with Gasteiger partial charge in [0.1, 0.15) is 0 Å². The number of nitrogens with zero attached hydrogens (tertiary/aromatic N) is 5. The van der Waals surface area contributed by atoms with Crippen LogP contribution in [-0.4, -0.2) is 24.1 Å². The highest BCUT2D eigenvalue weighted by atomic mass is 15.0. The maximum Gasteiger partial charge on any atom is 0.164 e. The molecule has 0 saturated heterocycles. The summed E-state index contributed by atoms with van der Waals surface area (Å²) in [5, 5.41) is 4.87. The zero-order valence-corrected chi connectivity index (χ0v) is 43.9. The van der Waals surface area contributed by atoms with E-state index in [1.165, 1.54) is 104 Å². The molecule has 376 valence electrons. The van der Waals surface area contributed by atoms with Gasteiger partial charge in [-0.05, 0) is 105 Å². The zero-order chi connectivity index (χ0) is 52.5. The van der Waals surface area contributed by atoms with Gasteiger partial charge in [-0.25, -0.2) is 15.0 Å². The van der Waals surface area contributed by atoms with Crippen LogP contribution in [0, 0.1) is 0 Å². The number of benzene rings is 11. The molecule has 0 unspecified atom stereocenters. The average molecular weight is 1020 g/mol. The third kappa shape index (κ3) is 6.61. The zero-order valence-electron chi connectivity index (χ0n) is 43.9. The van der Waals surface area contributed by atoms with Crippen molar-refractivity contribution in [2.24, 2.45) is 0 Å². The quantitative estimate of drug-likeness (QED) is 0.160. The number of fused-ring (bicyclic) bond motifs is 11. The van der Waals surface area contributed by atoms with E-state index in [0.29, 0.717) is 17.5 Å². The highest BCUT2D eigenvalue weighted by Gasteiger charge is 2.47. The Bertz CT molecular complexity index is 4850. The Morgan fingerprint density at radius 3 is 1.65 bits per heavy atom. The maximum absolute atomic E-state index is 5.44. The first-order valence-electron chi connectivity index (χ1n) is 28.2. The van der Waals surface area contributed by atoms with E-state index in [0.717, 1.165) is 66.4 Å². The standard InChI is InChI=1S/C75H51N5/c1-4-19-47(20-5-1)48-37-39-49(40-38-48)72-76-73(78-74(77-72)61-32-18-36-66-67(61)60-28-9-11-35-65(60)79(66)54-25-6-2-7-26-54)53-24-15-22-51(46-53)50-21-14-23-52(45-50)55-29-16-31-58-57-30-17-33-62-68(57)69-63(75(62)43-12-3-13-44-75)42-41-59-56-27-8-10-34-64(56)80(70(55)58)71(59)69/h1-2,4-11,14-42,45-46H,3,12-13,43-44H2. The van der Waals surface area contributed by atoms with Gasteiger partial charge in [-0.15, -0.1) is 0 Å². The Kier molecular flexibility index (Phi) is 9.88. The lowest BCUT2D eigenvalue weighted by Crippen LogP contribution is -2.28. The lowest BCUT2D eigenvalue weighted by Gasteiger charge is -2.36. The van der Waals surface area contributed by atoms with E-state index >= 15 is 0 Å². The van der Waals surface area contributed by atoms with Gasteiger partial charge in [-0.3, -0.25) is 0 Å². The smallest absolute Gasteiger partial charge is 0.164 e. The third-order valence-corrected chi connectivity index (χ3v) is 17.9. The van der Waals surface area contributed by atoms with Crippen LogP contribution < -0.4 is 0 Å². The van der Waals surface area contributed by atoms with Crippen molar-refractivity contribution in [3.63, 3.8) is 0 Å². The molecule has 0 N–H and O–H groups in total. The van der Waals surface area contributed by atoms with E-state index in [4.69, 9.17) is 15.0 Å². The Morgan fingerprint density at radius 1 is 0.312 bits per heavy atom. The minimum atomic E-state index is 0.0588. The van der Waals surface area contributed by atoms with E-state index in [9.17, 15) is 0 Å². The van der Waals surface area contributed by atoms with Gasteiger partial charge in [0.05, 0.1) is 27.8 Å². The van der Waals surface area contributed by atoms with Gasteiger partial charge in [0, 0.05) is 66.0 Å². The van der Waals surface area contributed by atoms with Crippen LogP contribution in [0.5, 0.6) is 0 Å². The molecule has 11 aromatic carbocycles. The molecule has 2 aliphatic carbocycles. The molecule has 1 spiro atoms. The van der Waals surface area contributed by atoms with E-state index in [2.05, 4.69) is 258 Å². The molecule has 1 aliphatic heterocycles. The molecule has 14 aromatic rings. The number of rotatable bonds is 7. The molecule has 0 atom stereocenters. The average Bonchev–Trinajstić information content (AvgIpc) is 4.02. The molecule has 5 nitrogen and oxygen atoms in total.